The molecular weight excluding hydrogens is 336 g/mol. The summed E-state index contributed by atoms with van der Waals surface area (Å²) in [6.45, 7) is 0. The van der Waals surface area contributed by atoms with Gasteiger partial charge in [0.05, 0.1) is 11.0 Å². The van der Waals surface area contributed by atoms with Gasteiger partial charge < -0.3 is 4.74 Å². The molecule has 7 heteroatoms. The molecule has 104 valence electrons. The second-order valence-corrected chi connectivity index (χ2v) is 4.43. The van der Waals surface area contributed by atoms with Crippen molar-refractivity contribution >= 4 is 21.6 Å². The number of ether oxygens (including phenoxy) is 1. The Labute approximate surface area is 121 Å². The van der Waals surface area contributed by atoms with E-state index in [0.29, 0.717) is 10.9 Å². The van der Waals surface area contributed by atoms with Crippen LogP contribution in [0.5, 0.6) is 11.5 Å². The first-order chi connectivity index (χ1) is 9.51. The predicted molar refractivity (Wildman–Crippen MR) is 72.2 cm³/mol. The van der Waals surface area contributed by atoms with E-state index >= 15 is 0 Å². The monoisotopic (exact) mass is 343 g/mol. The minimum absolute atomic E-state index is 0.163. The number of nitrogens with zero attached hydrogens (tertiary/aromatic N) is 1. The lowest BCUT2D eigenvalue weighted by Gasteiger charge is -2.08. The lowest BCUT2D eigenvalue weighted by molar-refractivity contribution is -0.385. The van der Waals surface area contributed by atoms with Gasteiger partial charge in [-0.05, 0) is 29.8 Å². The van der Waals surface area contributed by atoms with Gasteiger partial charge in [-0.3, -0.25) is 10.1 Å². The number of nitro benzene ring substituents is 1. The second-order valence-electron chi connectivity index (χ2n) is 3.87. The predicted octanol–water partition coefficient (Wildman–Crippen LogP) is 4.56. The summed E-state index contributed by atoms with van der Waals surface area (Å²) in [5.74, 6) is -1.80. The van der Waals surface area contributed by atoms with Crippen LogP contribution < -0.4 is 4.74 Å². The van der Waals surface area contributed by atoms with Crippen molar-refractivity contribution in [3.63, 3.8) is 0 Å². The third-order valence-electron chi connectivity index (χ3n) is 2.49. The van der Waals surface area contributed by atoms with Crippen LogP contribution in [-0.2, 0) is 5.33 Å². The number of benzene rings is 2. The molecule has 20 heavy (non-hydrogen) atoms. The van der Waals surface area contributed by atoms with Crippen molar-refractivity contribution in [1.82, 2.24) is 0 Å². The molecule has 2 rings (SSSR count). The topological polar surface area (TPSA) is 52.4 Å². The van der Waals surface area contributed by atoms with Crippen molar-refractivity contribution in [3.05, 3.63) is 63.7 Å². The first kappa shape index (κ1) is 14.4. The van der Waals surface area contributed by atoms with E-state index in [4.69, 9.17) is 4.74 Å². The Bertz CT molecular complexity index is 664. The van der Waals surface area contributed by atoms with Crippen LogP contribution in [0.4, 0.5) is 14.5 Å². The molecule has 0 radical (unpaired) electrons. The number of rotatable bonds is 4. The summed E-state index contributed by atoms with van der Waals surface area (Å²) in [4.78, 5) is 10.0. The summed E-state index contributed by atoms with van der Waals surface area (Å²) in [6.07, 6.45) is 0. The molecule has 0 saturated carbocycles. The number of hydrogen-bond donors (Lipinski definition) is 0. The van der Waals surface area contributed by atoms with Gasteiger partial charge in [-0.2, -0.15) is 0 Å². The zero-order chi connectivity index (χ0) is 14.7. The molecule has 0 aromatic heterocycles. The molecule has 0 aliphatic heterocycles. The van der Waals surface area contributed by atoms with Crippen LogP contribution >= 0.6 is 15.9 Å². The van der Waals surface area contributed by atoms with E-state index in [1.165, 1.54) is 12.1 Å². The van der Waals surface area contributed by atoms with Gasteiger partial charge in [-0.1, -0.05) is 22.0 Å². The average molecular weight is 344 g/mol. The minimum atomic E-state index is -0.789. The van der Waals surface area contributed by atoms with Gasteiger partial charge >= 0.3 is 5.69 Å². The number of nitro groups is 1. The molecule has 0 amide bonds. The highest BCUT2D eigenvalue weighted by molar-refractivity contribution is 9.08. The summed E-state index contributed by atoms with van der Waals surface area (Å²) in [7, 11) is 0. The first-order valence-electron chi connectivity index (χ1n) is 5.47. The quantitative estimate of drug-likeness (QED) is 0.464. The molecule has 0 aliphatic rings. The Morgan fingerprint density at radius 3 is 2.45 bits per heavy atom. The lowest BCUT2D eigenvalue weighted by atomic mass is 10.2. The van der Waals surface area contributed by atoms with E-state index < -0.39 is 22.2 Å². The normalized spacial score (nSPS) is 10.3. The summed E-state index contributed by atoms with van der Waals surface area (Å²) in [5.41, 5.74) is 0.137. The van der Waals surface area contributed by atoms with Crippen molar-refractivity contribution in [2.45, 2.75) is 5.33 Å². The fraction of sp³-hybridized carbons (Fsp3) is 0.0769. The molecule has 0 bridgehead atoms. The summed E-state index contributed by atoms with van der Waals surface area (Å²) in [5, 5.41) is 11.3. The van der Waals surface area contributed by atoms with Crippen LogP contribution in [-0.4, -0.2) is 4.92 Å². The van der Waals surface area contributed by atoms with Crippen molar-refractivity contribution in [2.75, 3.05) is 0 Å². The van der Waals surface area contributed by atoms with Crippen LogP contribution in [0.15, 0.2) is 36.4 Å². The maximum Gasteiger partial charge on any atom is 0.314 e. The van der Waals surface area contributed by atoms with Crippen LogP contribution in [0.25, 0.3) is 0 Å². The largest absolute Gasteiger partial charge is 0.447 e. The Morgan fingerprint density at radius 2 is 1.85 bits per heavy atom. The fourth-order valence-corrected chi connectivity index (χ4v) is 1.90. The molecule has 0 atom stereocenters. The van der Waals surface area contributed by atoms with Crippen molar-refractivity contribution in [1.29, 1.82) is 0 Å². The average Bonchev–Trinajstić information content (AvgIpc) is 2.42. The smallest absolute Gasteiger partial charge is 0.314 e. The van der Waals surface area contributed by atoms with E-state index in [1.807, 2.05) is 0 Å². The summed E-state index contributed by atoms with van der Waals surface area (Å²) in [6, 6.07) is 7.04. The van der Waals surface area contributed by atoms with E-state index in [0.717, 1.165) is 18.2 Å². The van der Waals surface area contributed by atoms with E-state index in [1.54, 1.807) is 6.07 Å². The molecule has 0 saturated heterocycles. The minimum Gasteiger partial charge on any atom is -0.447 e. The van der Waals surface area contributed by atoms with Crippen LogP contribution in [0.1, 0.15) is 5.56 Å². The highest BCUT2D eigenvalue weighted by Crippen LogP contribution is 2.33. The molecular formula is C13H8BrF2NO3. The lowest BCUT2D eigenvalue weighted by Crippen LogP contribution is -1.96. The molecule has 2 aromatic rings. The Balaban J connectivity index is 2.37. The van der Waals surface area contributed by atoms with Gasteiger partial charge in [0.1, 0.15) is 5.82 Å². The Kier molecular flexibility index (Phi) is 4.29. The second kappa shape index (κ2) is 5.96. The Morgan fingerprint density at radius 1 is 1.15 bits per heavy atom. The van der Waals surface area contributed by atoms with Gasteiger partial charge in [0.15, 0.2) is 11.6 Å². The van der Waals surface area contributed by atoms with Crippen molar-refractivity contribution in [3.8, 4) is 11.5 Å². The van der Waals surface area contributed by atoms with Gasteiger partial charge in [0.2, 0.25) is 5.75 Å². The van der Waals surface area contributed by atoms with E-state index in [9.17, 15) is 18.9 Å². The third kappa shape index (κ3) is 3.11. The Hall–Kier alpha value is -2.02. The molecule has 4 nitrogen and oxygen atoms in total. The van der Waals surface area contributed by atoms with Crippen molar-refractivity contribution in [2.24, 2.45) is 0 Å². The number of alkyl halides is 1. The first-order valence-corrected chi connectivity index (χ1v) is 6.59. The maximum absolute atomic E-state index is 13.7. The summed E-state index contributed by atoms with van der Waals surface area (Å²) >= 11 is 3.18. The standard InChI is InChI=1S/C13H8BrF2NO3/c14-7-8-1-3-12(10(16)5-8)20-13-4-2-9(15)6-11(13)17(18)19/h1-6H,7H2. The molecule has 0 N–H and O–H groups in total. The number of halogens is 3. The maximum atomic E-state index is 13.7. The van der Waals surface area contributed by atoms with Gasteiger partial charge in [-0.25, -0.2) is 8.78 Å². The van der Waals surface area contributed by atoms with Gasteiger partial charge in [0.25, 0.3) is 0 Å². The molecule has 0 heterocycles. The molecule has 2 aromatic carbocycles. The molecule has 0 unspecified atom stereocenters. The van der Waals surface area contributed by atoms with Crippen molar-refractivity contribution < 1.29 is 18.4 Å². The van der Waals surface area contributed by atoms with Gasteiger partial charge in [0, 0.05) is 5.33 Å². The number of hydrogen-bond acceptors (Lipinski definition) is 3. The third-order valence-corrected chi connectivity index (χ3v) is 3.14. The highest BCUT2D eigenvalue weighted by Gasteiger charge is 2.18. The molecule has 0 spiro atoms. The molecule has 0 aliphatic carbocycles. The summed E-state index contributed by atoms with van der Waals surface area (Å²) < 4.78 is 31.9. The zero-order valence-corrected chi connectivity index (χ0v) is 11.6. The van der Waals surface area contributed by atoms with E-state index in [2.05, 4.69) is 15.9 Å². The van der Waals surface area contributed by atoms with E-state index in [-0.39, 0.29) is 11.5 Å². The van der Waals surface area contributed by atoms with Gasteiger partial charge in [-0.15, -0.1) is 0 Å². The highest BCUT2D eigenvalue weighted by atomic mass is 79.9. The van der Waals surface area contributed by atoms with Crippen LogP contribution in [0.3, 0.4) is 0 Å². The molecule has 0 fully saturated rings. The van der Waals surface area contributed by atoms with Crippen LogP contribution in [0, 0.1) is 21.7 Å². The SMILES string of the molecule is O=[N+]([O-])c1cc(F)ccc1Oc1ccc(CBr)cc1F. The fourth-order valence-electron chi connectivity index (χ4n) is 1.55. The zero-order valence-electron chi connectivity index (χ0n) is 9.98. The van der Waals surface area contributed by atoms with Crippen LogP contribution in [0.2, 0.25) is 0 Å².